The zero-order chi connectivity index (χ0) is 12.9. The second kappa shape index (κ2) is 7.05. The van der Waals surface area contributed by atoms with E-state index in [9.17, 15) is 0 Å². The van der Waals surface area contributed by atoms with Gasteiger partial charge in [0.15, 0.2) is 0 Å². The molecule has 3 fully saturated rings. The van der Waals surface area contributed by atoms with Gasteiger partial charge in [-0.25, -0.2) is 0 Å². The van der Waals surface area contributed by atoms with Crippen LogP contribution in [0.3, 0.4) is 0 Å². The first-order valence-corrected chi connectivity index (χ1v) is 8.52. The van der Waals surface area contributed by atoms with Gasteiger partial charge in [0.1, 0.15) is 0 Å². The zero-order valence-electron chi connectivity index (χ0n) is 12.3. The van der Waals surface area contributed by atoms with E-state index in [1.165, 1.54) is 77.4 Å². The summed E-state index contributed by atoms with van der Waals surface area (Å²) in [5.74, 6) is 0. The molecule has 0 radical (unpaired) electrons. The fraction of sp³-hybridized carbons (Fsp3) is 1.00. The first-order valence-electron chi connectivity index (χ1n) is 8.52. The quantitative estimate of drug-likeness (QED) is 0.846. The Hall–Kier alpha value is -0.120. The largest absolute Gasteiger partial charge is 0.375 e. The van der Waals surface area contributed by atoms with Crippen LogP contribution >= 0.6 is 0 Å². The molecule has 2 saturated heterocycles. The molecule has 3 atom stereocenters. The highest BCUT2D eigenvalue weighted by Gasteiger charge is 2.33. The maximum absolute atomic E-state index is 5.95. The Bertz CT molecular complexity index is 263. The molecule has 3 heteroatoms. The van der Waals surface area contributed by atoms with Crippen molar-refractivity contribution in [2.24, 2.45) is 0 Å². The molecule has 2 aliphatic heterocycles. The summed E-state index contributed by atoms with van der Waals surface area (Å²) in [6.07, 6.45) is 12.9. The fourth-order valence-corrected chi connectivity index (χ4v) is 4.17. The van der Waals surface area contributed by atoms with Crippen molar-refractivity contribution >= 4 is 0 Å². The number of hydrogen-bond acceptors (Lipinski definition) is 3. The van der Waals surface area contributed by atoms with Crippen molar-refractivity contribution in [1.82, 2.24) is 10.2 Å². The summed E-state index contributed by atoms with van der Waals surface area (Å²) < 4.78 is 5.95. The Kier molecular flexibility index (Phi) is 5.14. The van der Waals surface area contributed by atoms with Crippen molar-refractivity contribution in [3.63, 3.8) is 0 Å². The van der Waals surface area contributed by atoms with E-state index in [0.29, 0.717) is 6.10 Å². The van der Waals surface area contributed by atoms with E-state index in [1.54, 1.807) is 0 Å². The summed E-state index contributed by atoms with van der Waals surface area (Å²) in [4.78, 5) is 2.73. The molecule has 0 aromatic rings. The number of hydrogen-bond donors (Lipinski definition) is 1. The molecule has 3 aliphatic rings. The van der Waals surface area contributed by atoms with Gasteiger partial charge in [-0.05, 0) is 51.6 Å². The number of nitrogens with one attached hydrogen (secondary N) is 1. The van der Waals surface area contributed by atoms with Crippen LogP contribution in [0.15, 0.2) is 0 Å². The standard InChI is InChI=1S/C16H30N2O/c1-2-9-16-15(8-1)18(12-13-19-16)11-5-7-14-6-3-4-10-17-14/h14-17H,1-13H2. The minimum absolute atomic E-state index is 0.551. The molecule has 0 bridgehead atoms. The molecule has 0 spiro atoms. The molecule has 3 rings (SSSR count). The van der Waals surface area contributed by atoms with Gasteiger partial charge in [0.25, 0.3) is 0 Å². The van der Waals surface area contributed by atoms with Crippen molar-refractivity contribution in [2.45, 2.75) is 76.0 Å². The van der Waals surface area contributed by atoms with Crippen LogP contribution in [-0.4, -0.2) is 49.3 Å². The molecular weight excluding hydrogens is 236 g/mol. The molecule has 19 heavy (non-hydrogen) atoms. The van der Waals surface area contributed by atoms with Crippen molar-refractivity contribution in [3.05, 3.63) is 0 Å². The maximum Gasteiger partial charge on any atom is 0.0730 e. The third-order valence-electron chi connectivity index (χ3n) is 5.26. The summed E-state index contributed by atoms with van der Waals surface area (Å²) in [6, 6.07) is 1.54. The zero-order valence-corrected chi connectivity index (χ0v) is 12.3. The molecular formula is C16H30N2O. The van der Waals surface area contributed by atoms with Crippen LogP contribution in [0.25, 0.3) is 0 Å². The summed E-state index contributed by atoms with van der Waals surface area (Å²) in [7, 11) is 0. The highest BCUT2D eigenvalue weighted by Crippen LogP contribution is 2.28. The molecule has 1 saturated carbocycles. The number of piperidine rings is 1. The SMILES string of the molecule is C1CCC(CCCN2CCOC3CCCCC32)NC1. The van der Waals surface area contributed by atoms with E-state index in [-0.39, 0.29) is 0 Å². The van der Waals surface area contributed by atoms with Gasteiger partial charge < -0.3 is 10.1 Å². The van der Waals surface area contributed by atoms with E-state index in [1.807, 2.05) is 0 Å². The van der Waals surface area contributed by atoms with Crippen LogP contribution in [0.5, 0.6) is 0 Å². The van der Waals surface area contributed by atoms with E-state index in [0.717, 1.165) is 18.7 Å². The summed E-state index contributed by atoms with van der Waals surface area (Å²) in [6.45, 7) is 4.66. The van der Waals surface area contributed by atoms with Crippen LogP contribution < -0.4 is 5.32 Å². The van der Waals surface area contributed by atoms with Gasteiger partial charge in [-0.1, -0.05) is 19.3 Å². The predicted molar refractivity (Wildman–Crippen MR) is 78.4 cm³/mol. The smallest absolute Gasteiger partial charge is 0.0730 e. The summed E-state index contributed by atoms with van der Waals surface area (Å²) in [5.41, 5.74) is 0. The Labute approximate surface area is 118 Å². The average molecular weight is 266 g/mol. The highest BCUT2D eigenvalue weighted by atomic mass is 16.5. The van der Waals surface area contributed by atoms with Crippen LogP contribution in [-0.2, 0) is 4.74 Å². The Morgan fingerprint density at radius 3 is 2.84 bits per heavy atom. The van der Waals surface area contributed by atoms with E-state index in [2.05, 4.69) is 10.2 Å². The Morgan fingerprint density at radius 1 is 1.05 bits per heavy atom. The molecule has 1 N–H and O–H groups in total. The molecule has 3 nitrogen and oxygen atoms in total. The number of nitrogens with zero attached hydrogens (tertiary/aromatic N) is 1. The first kappa shape index (κ1) is 13.8. The molecule has 1 aliphatic carbocycles. The molecule has 0 amide bonds. The van der Waals surface area contributed by atoms with Gasteiger partial charge in [0, 0.05) is 18.6 Å². The minimum Gasteiger partial charge on any atom is -0.375 e. The van der Waals surface area contributed by atoms with Gasteiger partial charge in [-0.3, -0.25) is 4.90 Å². The van der Waals surface area contributed by atoms with Crippen molar-refractivity contribution in [1.29, 1.82) is 0 Å². The van der Waals surface area contributed by atoms with Crippen molar-refractivity contribution in [2.75, 3.05) is 26.2 Å². The van der Waals surface area contributed by atoms with Gasteiger partial charge in [-0.2, -0.15) is 0 Å². The monoisotopic (exact) mass is 266 g/mol. The van der Waals surface area contributed by atoms with Crippen molar-refractivity contribution < 1.29 is 4.74 Å². The Morgan fingerprint density at radius 2 is 1.95 bits per heavy atom. The third-order valence-corrected chi connectivity index (χ3v) is 5.26. The molecule has 2 heterocycles. The van der Waals surface area contributed by atoms with Crippen LogP contribution in [0.2, 0.25) is 0 Å². The molecule has 0 aromatic heterocycles. The topological polar surface area (TPSA) is 24.5 Å². The number of fused-ring (bicyclic) bond motifs is 1. The fourth-order valence-electron chi connectivity index (χ4n) is 4.17. The maximum atomic E-state index is 5.95. The average Bonchev–Trinajstić information content (AvgIpc) is 2.49. The van der Waals surface area contributed by atoms with Gasteiger partial charge in [-0.15, -0.1) is 0 Å². The molecule has 0 aromatic carbocycles. The second-order valence-corrected chi connectivity index (χ2v) is 6.59. The lowest BCUT2D eigenvalue weighted by molar-refractivity contribution is -0.0883. The summed E-state index contributed by atoms with van der Waals surface area (Å²) in [5, 5.41) is 3.67. The summed E-state index contributed by atoms with van der Waals surface area (Å²) >= 11 is 0. The third kappa shape index (κ3) is 3.71. The van der Waals surface area contributed by atoms with Crippen LogP contribution in [0.1, 0.15) is 57.8 Å². The second-order valence-electron chi connectivity index (χ2n) is 6.59. The van der Waals surface area contributed by atoms with E-state index >= 15 is 0 Å². The number of ether oxygens (including phenoxy) is 1. The van der Waals surface area contributed by atoms with Gasteiger partial charge >= 0.3 is 0 Å². The van der Waals surface area contributed by atoms with Crippen LogP contribution in [0, 0.1) is 0 Å². The molecule has 110 valence electrons. The molecule has 3 unspecified atom stereocenters. The van der Waals surface area contributed by atoms with Crippen LogP contribution in [0.4, 0.5) is 0 Å². The van der Waals surface area contributed by atoms with E-state index < -0.39 is 0 Å². The lowest BCUT2D eigenvalue weighted by Crippen LogP contribution is -2.52. The first-order chi connectivity index (χ1) is 9.43. The van der Waals surface area contributed by atoms with E-state index in [4.69, 9.17) is 4.74 Å². The lowest BCUT2D eigenvalue weighted by atomic mass is 9.90. The minimum atomic E-state index is 0.551. The van der Waals surface area contributed by atoms with Gasteiger partial charge in [0.05, 0.1) is 12.7 Å². The Balaban J connectivity index is 1.40. The highest BCUT2D eigenvalue weighted by molar-refractivity contribution is 4.87. The number of morpholine rings is 1. The van der Waals surface area contributed by atoms with Crippen molar-refractivity contribution in [3.8, 4) is 0 Å². The van der Waals surface area contributed by atoms with Gasteiger partial charge in [0.2, 0.25) is 0 Å². The predicted octanol–water partition coefficient (Wildman–Crippen LogP) is 2.55. The normalized spacial score (nSPS) is 36.9. The number of rotatable bonds is 4. The lowest BCUT2D eigenvalue weighted by Gasteiger charge is -2.44.